The summed E-state index contributed by atoms with van der Waals surface area (Å²) in [6.45, 7) is 2.45. The molecule has 140 valence electrons. The molecule has 2 aromatic rings. The van der Waals surface area contributed by atoms with Crippen LogP contribution in [0.25, 0.3) is 0 Å². The molecule has 0 spiro atoms. The number of hydrogen-bond donors (Lipinski definition) is 3. The third kappa shape index (κ3) is 4.11. The average Bonchev–Trinajstić information content (AvgIpc) is 2.85. The largest absolute Gasteiger partial charge is 0.397 e. The van der Waals surface area contributed by atoms with E-state index in [4.69, 9.17) is 5.73 Å². The Hall–Kier alpha value is -2.87. The van der Waals surface area contributed by atoms with Crippen molar-refractivity contribution < 1.29 is 14.4 Å². The predicted molar refractivity (Wildman–Crippen MR) is 107 cm³/mol. The SMILES string of the molecule is Cc1ccc(N)c(NC(=O)NCCCN2C(=O)c3ccc(Br)cc3C2=O)c1. The molecule has 0 atom stereocenters. The van der Waals surface area contributed by atoms with Crippen LogP contribution in [0.2, 0.25) is 0 Å². The Morgan fingerprint density at radius 1 is 1.11 bits per heavy atom. The molecule has 0 bridgehead atoms. The molecule has 0 radical (unpaired) electrons. The topological polar surface area (TPSA) is 105 Å². The number of urea groups is 1. The quantitative estimate of drug-likeness (QED) is 0.384. The van der Waals surface area contributed by atoms with Crippen LogP contribution >= 0.6 is 15.9 Å². The Labute approximate surface area is 165 Å². The number of carbonyl (C=O) groups is 3. The Kier molecular flexibility index (Phi) is 5.46. The molecule has 0 aliphatic carbocycles. The van der Waals surface area contributed by atoms with Gasteiger partial charge in [0.05, 0.1) is 22.5 Å². The van der Waals surface area contributed by atoms with Crippen LogP contribution in [0.15, 0.2) is 40.9 Å². The van der Waals surface area contributed by atoms with Gasteiger partial charge in [0, 0.05) is 17.6 Å². The monoisotopic (exact) mass is 430 g/mol. The second kappa shape index (κ2) is 7.79. The minimum Gasteiger partial charge on any atom is -0.397 e. The lowest BCUT2D eigenvalue weighted by atomic mass is 10.1. The molecule has 27 heavy (non-hydrogen) atoms. The van der Waals surface area contributed by atoms with Gasteiger partial charge in [-0.15, -0.1) is 0 Å². The number of rotatable bonds is 5. The summed E-state index contributed by atoms with van der Waals surface area (Å²) in [5.74, 6) is -0.618. The molecule has 1 aliphatic rings. The van der Waals surface area contributed by atoms with Gasteiger partial charge < -0.3 is 16.4 Å². The van der Waals surface area contributed by atoms with E-state index in [1.165, 1.54) is 4.90 Å². The van der Waals surface area contributed by atoms with Gasteiger partial charge in [-0.3, -0.25) is 14.5 Å². The van der Waals surface area contributed by atoms with E-state index in [1.54, 1.807) is 30.3 Å². The van der Waals surface area contributed by atoms with Crippen molar-refractivity contribution in [1.29, 1.82) is 0 Å². The summed E-state index contributed by atoms with van der Waals surface area (Å²) in [7, 11) is 0. The van der Waals surface area contributed by atoms with E-state index in [0.717, 1.165) is 10.0 Å². The van der Waals surface area contributed by atoms with E-state index in [9.17, 15) is 14.4 Å². The summed E-state index contributed by atoms with van der Waals surface area (Å²) in [5.41, 5.74) is 8.64. The standard InChI is InChI=1S/C19H19BrN4O3/c1-11-3-6-15(21)16(9-11)23-19(27)22-7-2-8-24-17(25)13-5-4-12(20)10-14(13)18(24)26/h3-6,9-10H,2,7-8,21H2,1H3,(H2,22,23,27). The van der Waals surface area contributed by atoms with Crippen LogP contribution in [0.4, 0.5) is 16.2 Å². The van der Waals surface area contributed by atoms with Crippen molar-refractivity contribution in [1.82, 2.24) is 10.2 Å². The van der Waals surface area contributed by atoms with Gasteiger partial charge >= 0.3 is 6.03 Å². The summed E-state index contributed by atoms with van der Waals surface area (Å²) in [4.78, 5) is 37.9. The number of anilines is 2. The number of amides is 4. The van der Waals surface area contributed by atoms with Gasteiger partial charge in [0.25, 0.3) is 11.8 Å². The van der Waals surface area contributed by atoms with Crippen molar-refractivity contribution in [2.45, 2.75) is 13.3 Å². The van der Waals surface area contributed by atoms with Crippen molar-refractivity contribution in [2.75, 3.05) is 24.1 Å². The normalized spacial score (nSPS) is 12.9. The molecule has 1 heterocycles. The summed E-state index contributed by atoms with van der Waals surface area (Å²) in [6, 6.07) is 10.00. The zero-order valence-electron chi connectivity index (χ0n) is 14.7. The second-order valence-corrected chi connectivity index (χ2v) is 7.19. The highest BCUT2D eigenvalue weighted by atomic mass is 79.9. The van der Waals surface area contributed by atoms with Gasteiger partial charge in [-0.1, -0.05) is 22.0 Å². The molecule has 7 nitrogen and oxygen atoms in total. The van der Waals surface area contributed by atoms with Gasteiger partial charge in [0.15, 0.2) is 0 Å². The Balaban J connectivity index is 1.49. The molecule has 0 aromatic heterocycles. The average molecular weight is 431 g/mol. The maximum Gasteiger partial charge on any atom is 0.319 e. The lowest BCUT2D eigenvalue weighted by Gasteiger charge is -2.14. The van der Waals surface area contributed by atoms with E-state index in [0.29, 0.717) is 35.5 Å². The summed E-state index contributed by atoms with van der Waals surface area (Å²) in [6.07, 6.45) is 0.448. The highest BCUT2D eigenvalue weighted by Gasteiger charge is 2.34. The number of carbonyl (C=O) groups excluding carboxylic acids is 3. The molecule has 0 fully saturated rings. The van der Waals surface area contributed by atoms with Crippen molar-refractivity contribution in [3.05, 3.63) is 57.6 Å². The summed E-state index contributed by atoms with van der Waals surface area (Å²) in [5, 5.41) is 5.39. The minimum absolute atomic E-state index is 0.233. The number of nitrogens with two attached hydrogens (primary N) is 1. The fourth-order valence-electron chi connectivity index (χ4n) is 2.85. The molecular weight excluding hydrogens is 412 g/mol. The lowest BCUT2D eigenvalue weighted by molar-refractivity contribution is 0.0653. The Morgan fingerprint density at radius 3 is 2.63 bits per heavy atom. The van der Waals surface area contributed by atoms with Gasteiger partial charge in [-0.05, 0) is 49.2 Å². The Morgan fingerprint density at radius 2 is 1.85 bits per heavy atom. The Bertz CT molecular complexity index is 929. The molecule has 8 heteroatoms. The van der Waals surface area contributed by atoms with Crippen LogP contribution < -0.4 is 16.4 Å². The van der Waals surface area contributed by atoms with Crippen molar-refractivity contribution in [3.8, 4) is 0 Å². The third-order valence-corrected chi connectivity index (χ3v) is 4.73. The van der Waals surface area contributed by atoms with E-state index >= 15 is 0 Å². The minimum atomic E-state index is -0.390. The van der Waals surface area contributed by atoms with Crippen molar-refractivity contribution in [2.24, 2.45) is 0 Å². The highest BCUT2D eigenvalue weighted by molar-refractivity contribution is 9.10. The van der Waals surface area contributed by atoms with Crippen molar-refractivity contribution >= 4 is 45.2 Å². The molecular formula is C19H19BrN4O3. The number of nitrogens with zero attached hydrogens (tertiary/aromatic N) is 1. The van der Waals surface area contributed by atoms with Gasteiger partial charge in [0.2, 0.25) is 0 Å². The molecule has 4 N–H and O–H groups in total. The first-order chi connectivity index (χ1) is 12.9. The number of nitrogens with one attached hydrogen (secondary N) is 2. The van der Waals surface area contributed by atoms with Crippen LogP contribution in [0.3, 0.4) is 0 Å². The maximum absolute atomic E-state index is 12.4. The van der Waals surface area contributed by atoms with E-state index in [1.807, 2.05) is 13.0 Å². The number of benzene rings is 2. The van der Waals surface area contributed by atoms with Gasteiger partial charge in [-0.25, -0.2) is 4.79 Å². The number of halogens is 1. The van der Waals surface area contributed by atoms with Crippen LogP contribution in [-0.2, 0) is 0 Å². The summed E-state index contributed by atoms with van der Waals surface area (Å²) >= 11 is 3.30. The molecule has 3 rings (SSSR count). The zero-order valence-corrected chi connectivity index (χ0v) is 16.3. The lowest BCUT2D eigenvalue weighted by Crippen LogP contribution is -2.35. The van der Waals surface area contributed by atoms with Crippen LogP contribution in [-0.4, -0.2) is 35.8 Å². The van der Waals surface area contributed by atoms with E-state index in [2.05, 4.69) is 26.6 Å². The van der Waals surface area contributed by atoms with Gasteiger partial charge in [-0.2, -0.15) is 0 Å². The molecule has 0 saturated carbocycles. The zero-order chi connectivity index (χ0) is 19.6. The number of hydrogen-bond acceptors (Lipinski definition) is 4. The first kappa shape index (κ1) is 18.9. The first-order valence-electron chi connectivity index (χ1n) is 8.43. The van der Waals surface area contributed by atoms with Crippen LogP contribution in [0.5, 0.6) is 0 Å². The molecule has 1 aliphatic heterocycles. The predicted octanol–water partition coefficient (Wildman–Crippen LogP) is 3.15. The number of imide groups is 1. The van der Waals surface area contributed by atoms with Crippen molar-refractivity contribution in [3.63, 3.8) is 0 Å². The molecule has 4 amide bonds. The smallest absolute Gasteiger partial charge is 0.319 e. The van der Waals surface area contributed by atoms with Crippen LogP contribution in [0.1, 0.15) is 32.7 Å². The first-order valence-corrected chi connectivity index (χ1v) is 9.23. The van der Waals surface area contributed by atoms with Crippen LogP contribution in [0, 0.1) is 6.92 Å². The number of aryl methyl sites for hydroxylation is 1. The molecule has 0 saturated heterocycles. The third-order valence-electron chi connectivity index (χ3n) is 4.23. The molecule has 0 unspecified atom stereocenters. The maximum atomic E-state index is 12.4. The fraction of sp³-hybridized carbons (Fsp3) is 0.211. The summed E-state index contributed by atoms with van der Waals surface area (Å²) < 4.78 is 0.748. The van der Waals surface area contributed by atoms with Gasteiger partial charge in [0.1, 0.15) is 0 Å². The number of nitrogen functional groups attached to an aromatic ring is 1. The van der Waals surface area contributed by atoms with E-state index in [-0.39, 0.29) is 18.4 Å². The second-order valence-electron chi connectivity index (χ2n) is 6.28. The highest BCUT2D eigenvalue weighted by Crippen LogP contribution is 2.26. The van der Waals surface area contributed by atoms with E-state index < -0.39 is 6.03 Å². The fourth-order valence-corrected chi connectivity index (χ4v) is 3.21. The molecule has 2 aromatic carbocycles. The number of fused-ring (bicyclic) bond motifs is 1.